The molecule has 10 heavy (non-hydrogen) atoms. The summed E-state index contributed by atoms with van der Waals surface area (Å²) in [5, 5.41) is 0.168. The molecule has 0 aliphatic rings. The quantitative estimate of drug-likeness (QED) is 0.583. The lowest BCUT2D eigenvalue weighted by molar-refractivity contribution is 0.793. The molecule has 0 amide bonds. The maximum Gasteiger partial charge on any atom is 0.0910 e. The van der Waals surface area contributed by atoms with Gasteiger partial charge in [0.15, 0.2) is 0 Å². The number of rotatable bonds is 2. The van der Waals surface area contributed by atoms with E-state index in [1.165, 1.54) is 0 Å². The van der Waals surface area contributed by atoms with Crippen molar-refractivity contribution in [2.45, 2.75) is 25.9 Å². The minimum Gasteiger partial charge on any atom is -0.0954 e. The van der Waals surface area contributed by atoms with E-state index in [1.54, 1.807) is 0 Å². The molecule has 1 atom stereocenters. The van der Waals surface area contributed by atoms with Crippen LogP contribution in [0.2, 0.25) is 0 Å². The third-order valence-electron chi connectivity index (χ3n) is 0.959. The van der Waals surface area contributed by atoms with Crippen LogP contribution >= 0.6 is 47.6 Å². The Bertz CT molecular complexity index is 99.6. The molecule has 0 radical (unpaired) electrons. The van der Waals surface area contributed by atoms with Crippen molar-refractivity contribution in [1.29, 1.82) is 0 Å². The molecule has 0 aliphatic carbocycles. The summed E-state index contributed by atoms with van der Waals surface area (Å²) in [6, 6.07) is 0. The molecular formula is C5H11Cl3P2. The molecule has 62 valence electrons. The van der Waals surface area contributed by atoms with Crippen molar-refractivity contribution in [3.63, 3.8) is 0 Å². The fraction of sp³-hybridized carbons (Fsp3) is 1.00. The molecule has 0 rings (SSSR count). The third kappa shape index (κ3) is 5.39. The van der Waals surface area contributed by atoms with Gasteiger partial charge in [-0.05, 0) is 5.16 Å². The average Bonchev–Trinajstić information content (AvgIpc) is 1.60. The van der Waals surface area contributed by atoms with Gasteiger partial charge < -0.3 is 0 Å². The van der Waals surface area contributed by atoms with Crippen LogP contribution in [0.25, 0.3) is 0 Å². The molecule has 0 saturated carbocycles. The smallest absolute Gasteiger partial charge is 0.0910 e. The highest BCUT2D eigenvalue weighted by Gasteiger charge is 2.23. The molecule has 0 bridgehead atoms. The fourth-order valence-corrected chi connectivity index (χ4v) is 6.63. The minimum absolute atomic E-state index is 0.168. The first-order valence-corrected chi connectivity index (χ1v) is 8.63. The van der Waals surface area contributed by atoms with Gasteiger partial charge in [0.05, 0.1) is 6.63 Å². The molecule has 0 saturated heterocycles. The van der Waals surface area contributed by atoms with Crippen LogP contribution in [0.4, 0.5) is 0 Å². The summed E-state index contributed by atoms with van der Waals surface area (Å²) in [5.74, 6) is 0.777. The van der Waals surface area contributed by atoms with Gasteiger partial charge in [0.2, 0.25) is 0 Å². The van der Waals surface area contributed by atoms with Crippen molar-refractivity contribution >= 4 is 47.6 Å². The summed E-state index contributed by atoms with van der Waals surface area (Å²) in [5.41, 5.74) is 0. The van der Waals surface area contributed by atoms with Crippen molar-refractivity contribution in [3.05, 3.63) is 0 Å². The van der Waals surface area contributed by atoms with E-state index < -0.39 is 13.9 Å². The van der Waals surface area contributed by atoms with Crippen LogP contribution in [0, 0.1) is 0 Å². The molecule has 0 aromatic carbocycles. The van der Waals surface area contributed by atoms with Crippen LogP contribution in [0.3, 0.4) is 0 Å². The minimum atomic E-state index is -0.863. The van der Waals surface area contributed by atoms with Crippen LogP contribution in [-0.4, -0.2) is 11.1 Å². The second-order valence-corrected chi connectivity index (χ2v) is 11.0. The molecule has 0 aliphatic heterocycles. The first-order chi connectivity index (χ1) is 4.34. The van der Waals surface area contributed by atoms with Crippen molar-refractivity contribution in [2.24, 2.45) is 0 Å². The van der Waals surface area contributed by atoms with Gasteiger partial charge in [0.25, 0.3) is 0 Å². The van der Waals surface area contributed by atoms with Gasteiger partial charge in [-0.3, -0.25) is 0 Å². The van der Waals surface area contributed by atoms with Crippen LogP contribution in [0.15, 0.2) is 0 Å². The monoisotopic (exact) mass is 238 g/mol. The van der Waals surface area contributed by atoms with Gasteiger partial charge >= 0.3 is 0 Å². The Kier molecular flexibility index (Phi) is 5.49. The summed E-state index contributed by atoms with van der Waals surface area (Å²) >= 11 is 17.3. The van der Waals surface area contributed by atoms with Gasteiger partial charge in [0, 0.05) is 13.2 Å². The topological polar surface area (TPSA) is 0 Å². The van der Waals surface area contributed by atoms with Gasteiger partial charge in [-0.15, -0.1) is 0 Å². The van der Waals surface area contributed by atoms with E-state index in [4.69, 9.17) is 33.7 Å². The van der Waals surface area contributed by atoms with Gasteiger partial charge in [-0.25, -0.2) is 0 Å². The summed E-state index contributed by atoms with van der Waals surface area (Å²) in [4.78, 5) is 0. The van der Waals surface area contributed by atoms with Crippen molar-refractivity contribution in [3.8, 4) is 0 Å². The van der Waals surface area contributed by atoms with Crippen LogP contribution < -0.4 is 0 Å². The maximum absolute atomic E-state index is 6.06. The molecule has 0 nitrogen and oxygen atoms in total. The zero-order valence-electron chi connectivity index (χ0n) is 6.24. The summed E-state index contributed by atoms with van der Waals surface area (Å²) in [6.45, 7) is 5.47. The molecule has 1 unspecified atom stereocenters. The van der Waals surface area contributed by atoms with E-state index in [1.807, 2.05) is 0 Å². The number of halogens is 3. The molecule has 0 spiro atoms. The molecule has 0 N–H and O–H groups in total. The van der Waals surface area contributed by atoms with Crippen LogP contribution in [0.1, 0.15) is 20.8 Å². The standard InChI is InChI=1S/C5H11Cl3P2/c1-5(2,3)9(6)4-10(7)8/h4H2,1-3H3. The van der Waals surface area contributed by atoms with E-state index in [0.29, 0.717) is 0 Å². The Hall–Kier alpha value is 1.73. The predicted molar refractivity (Wildman–Crippen MR) is 56.0 cm³/mol. The Morgan fingerprint density at radius 2 is 1.50 bits per heavy atom. The molecular weight excluding hydrogens is 228 g/mol. The summed E-state index contributed by atoms with van der Waals surface area (Å²) in [6.07, 6.45) is 0. The summed E-state index contributed by atoms with van der Waals surface area (Å²) < 4.78 is 0. The zero-order chi connectivity index (χ0) is 8.36. The largest absolute Gasteiger partial charge is 0.0954 e. The van der Waals surface area contributed by atoms with E-state index in [2.05, 4.69) is 20.8 Å². The second-order valence-electron chi connectivity index (χ2n) is 2.98. The van der Waals surface area contributed by atoms with E-state index in [9.17, 15) is 0 Å². The highest BCUT2D eigenvalue weighted by Crippen LogP contribution is 2.65. The van der Waals surface area contributed by atoms with Crippen molar-refractivity contribution in [2.75, 3.05) is 5.90 Å². The SMILES string of the molecule is CC(C)(C)P(Cl)CP(Cl)Cl. The van der Waals surface area contributed by atoms with Crippen LogP contribution in [0.5, 0.6) is 0 Å². The fourth-order valence-electron chi connectivity index (χ4n) is 0.306. The zero-order valence-corrected chi connectivity index (χ0v) is 10.3. The number of hydrogen-bond donors (Lipinski definition) is 0. The second kappa shape index (κ2) is 4.68. The third-order valence-corrected chi connectivity index (χ3v) is 8.67. The van der Waals surface area contributed by atoms with Crippen molar-refractivity contribution in [1.82, 2.24) is 0 Å². The first-order valence-electron chi connectivity index (χ1n) is 2.86. The highest BCUT2D eigenvalue weighted by atomic mass is 35.9. The lowest BCUT2D eigenvalue weighted by Crippen LogP contribution is -2.08. The Balaban J connectivity index is 3.73. The molecule has 0 heterocycles. The van der Waals surface area contributed by atoms with E-state index in [-0.39, 0.29) is 5.16 Å². The lowest BCUT2D eigenvalue weighted by atomic mass is 10.3. The maximum atomic E-state index is 6.06. The average molecular weight is 239 g/mol. The van der Waals surface area contributed by atoms with Gasteiger partial charge in [0.1, 0.15) is 0 Å². The number of hydrogen-bond acceptors (Lipinski definition) is 0. The Labute approximate surface area is 79.5 Å². The normalized spacial score (nSPS) is 15.9. The molecule has 0 aromatic heterocycles. The Morgan fingerprint density at radius 3 is 1.60 bits per heavy atom. The Morgan fingerprint density at radius 1 is 1.10 bits per heavy atom. The lowest BCUT2D eigenvalue weighted by Gasteiger charge is -2.24. The van der Waals surface area contributed by atoms with Gasteiger partial charge in [-0.2, -0.15) is 0 Å². The van der Waals surface area contributed by atoms with E-state index >= 15 is 0 Å². The predicted octanol–water partition coefficient (Wildman–Crippen LogP) is 5.17. The van der Waals surface area contributed by atoms with Crippen molar-refractivity contribution < 1.29 is 0 Å². The van der Waals surface area contributed by atoms with Gasteiger partial charge in [-0.1, -0.05) is 54.5 Å². The van der Waals surface area contributed by atoms with Crippen LogP contribution in [-0.2, 0) is 0 Å². The highest BCUT2D eigenvalue weighted by molar-refractivity contribution is 8.10. The molecule has 5 heteroatoms. The van der Waals surface area contributed by atoms with E-state index in [0.717, 1.165) is 5.90 Å². The molecule has 0 fully saturated rings. The molecule has 0 aromatic rings. The first kappa shape index (κ1) is 11.7. The summed E-state index contributed by atoms with van der Waals surface area (Å²) in [7, 11) is -0.524.